The fourth-order valence-corrected chi connectivity index (χ4v) is 3.42. The molecular formula is C18H27ClN2O2. The number of hydrogen-bond donors (Lipinski definition) is 1. The second-order valence-electron chi connectivity index (χ2n) is 6.16. The summed E-state index contributed by atoms with van der Waals surface area (Å²) >= 11 is 5.98. The van der Waals surface area contributed by atoms with Crippen molar-refractivity contribution in [3.05, 3.63) is 34.9 Å². The van der Waals surface area contributed by atoms with Crippen LogP contribution >= 0.6 is 11.6 Å². The number of carbonyl (C=O) groups is 1. The molecule has 0 aliphatic carbocycles. The van der Waals surface area contributed by atoms with E-state index in [2.05, 4.69) is 4.90 Å². The maximum atomic E-state index is 12.4. The van der Waals surface area contributed by atoms with E-state index in [0.717, 1.165) is 44.6 Å². The molecule has 2 rings (SSSR count). The highest BCUT2D eigenvalue weighted by atomic mass is 35.5. The van der Waals surface area contributed by atoms with Gasteiger partial charge in [0.05, 0.1) is 6.10 Å². The largest absolute Gasteiger partial charge is 0.387 e. The molecule has 5 heteroatoms. The third-order valence-electron chi connectivity index (χ3n) is 4.68. The SMILES string of the molecule is CCN(CC)C(=O)C1CCN(CC(O)c2cccc(Cl)c2)CC1. The fourth-order valence-electron chi connectivity index (χ4n) is 3.22. The highest BCUT2D eigenvalue weighted by molar-refractivity contribution is 6.30. The van der Waals surface area contributed by atoms with Crippen molar-refractivity contribution in [1.29, 1.82) is 0 Å². The molecular weight excluding hydrogens is 312 g/mol. The lowest BCUT2D eigenvalue weighted by atomic mass is 9.94. The number of nitrogens with zero attached hydrogens (tertiary/aromatic N) is 2. The van der Waals surface area contributed by atoms with Crippen molar-refractivity contribution in [1.82, 2.24) is 9.80 Å². The van der Waals surface area contributed by atoms with Crippen LogP contribution in [0.1, 0.15) is 38.4 Å². The Kier molecular flexibility index (Phi) is 6.88. The molecule has 1 aliphatic rings. The number of carbonyl (C=O) groups excluding carboxylic acids is 1. The first-order chi connectivity index (χ1) is 11.0. The first kappa shape index (κ1) is 18.2. The van der Waals surface area contributed by atoms with Crippen LogP contribution in [0, 0.1) is 5.92 Å². The van der Waals surface area contributed by atoms with Crippen molar-refractivity contribution in [2.75, 3.05) is 32.7 Å². The molecule has 1 atom stereocenters. The minimum Gasteiger partial charge on any atom is -0.387 e. The highest BCUT2D eigenvalue weighted by Crippen LogP contribution is 2.23. The number of amides is 1. The zero-order valence-electron chi connectivity index (χ0n) is 14.0. The van der Waals surface area contributed by atoms with Crippen LogP contribution in [-0.4, -0.2) is 53.5 Å². The molecule has 0 spiro atoms. The number of piperidine rings is 1. The first-order valence-electron chi connectivity index (χ1n) is 8.49. The van der Waals surface area contributed by atoms with Gasteiger partial charge in [-0.1, -0.05) is 23.7 Å². The maximum Gasteiger partial charge on any atom is 0.225 e. The molecule has 1 N–H and O–H groups in total. The van der Waals surface area contributed by atoms with E-state index in [4.69, 9.17) is 11.6 Å². The second-order valence-corrected chi connectivity index (χ2v) is 6.59. The molecule has 0 radical (unpaired) electrons. The van der Waals surface area contributed by atoms with E-state index >= 15 is 0 Å². The van der Waals surface area contributed by atoms with Gasteiger partial charge in [-0.3, -0.25) is 4.79 Å². The minimum atomic E-state index is -0.538. The first-order valence-corrected chi connectivity index (χ1v) is 8.87. The van der Waals surface area contributed by atoms with Crippen LogP contribution in [0.2, 0.25) is 5.02 Å². The summed E-state index contributed by atoms with van der Waals surface area (Å²) in [6.07, 6.45) is 1.21. The molecule has 0 aromatic heterocycles. The Balaban J connectivity index is 1.84. The Labute approximate surface area is 144 Å². The monoisotopic (exact) mass is 338 g/mol. The Morgan fingerprint density at radius 1 is 1.35 bits per heavy atom. The molecule has 1 heterocycles. The summed E-state index contributed by atoms with van der Waals surface area (Å²) in [4.78, 5) is 16.5. The number of benzene rings is 1. The lowest BCUT2D eigenvalue weighted by molar-refractivity contribution is -0.136. The maximum absolute atomic E-state index is 12.4. The average molecular weight is 339 g/mol. The third-order valence-corrected chi connectivity index (χ3v) is 4.91. The lowest BCUT2D eigenvalue weighted by Crippen LogP contribution is -2.43. The molecule has 0 bridgehead atoms. The molecule has 4 nitrogen and oxygen atoms in total. The molecule has 1 amide bonds. The van der Waals surface area contributed by atoms with Gasteiger partial charge in [-0.15, -0.1) is 0 Å². The van der Waals surface area contributed by atoms with Crippen molar-refractivity contribution in [2.24, 2.45) is 5.92 Å². The summed E-state index contributed by atoms with van der Waals surface area (Å²) in [7, 11) is 0. The van der Waals surface area contributed by atoms with E-state index in [0.29, 0.717) is 11.6 Å². The van der Waals surface area contributed by atoms with Crippen molar-refractivity contribution < 1.29 is 9.90 Å². The average Bonchev–Trinajstić information content (AvgIpc) is 2.56. The number of halogens is 1. The van der Waals surface area contributed by atoms with Gasteiger partial charge in [0.1, 0.15) is 0 Å². The summed E-state index contributed by atoms with van der Waals surface area (Å²) in [5, 5.41) is 11.0. The van der Waals surface area contributed by atoms with Crippen LogP contribution in [0.3, 0.4) is 0 Å². The van der Waals surface area contributed by atoms with Crippen molar-refractivity contribution in [3.63, 3.8) is 0 Å². The quantitative estimate of drug-likeness (QED) is 0.867. The van der Waals surface area contributed by atoms with Crippen LogP contribution in [0.4, 0.5) is 0 Å². The Morgan fingerprint density at radius 3 is 2.57 bits per heavy atom. The number of β-amino-alcohol motifs (C(OH)–C–C–N with tert-alkyl or cyclic N) is 1. The van der Waals surface area contributed by atoms with E-state index < -0.39 is 6.10 Å². The predicted octanol–water partition coefficient (Wildman–Crippen LogP) is 2.95. The Morgan fingerprint density at radius 2 is 2.00 bits per heavy atom. The molecule has 1 aliphatic heterocycles. The molecule has 1 saturated heterocycles. The van der Waals surface area contributed by atoms with Gasteiger partial charge in [0.25, 0.3) is 0 Å². The molecule has 1 unspecified atom stereocenters. The molecule has 0 saturated carbocycles. The van der Waals surface area contributed by atoms with E-state index in [1.165, 1.54) is 0 Å². The smallest absolute Gasteiger partial charge is 0.225 e. The summed E-state index contributed by atoms with van der Waals surface area (Å²) in [5.74, 6) is 0.416. The molecule has 1 aromatic carbocycles. The van der Waals surface area contributed by atoms with E-state index in [9.17, 15) is 9.90 Å². The Bertz CT molecular complexity index is 511. The highest BCUT2D eigenvalue weighted by Gasteiger charge is 2.28. The van der Waals surface area contributed by atoms with Gasteiger partial charge in [0.2, 0.25) is 5.91 Å². The Hall–Kier alpha value is -1.10. The van der Waals surface area contributed by atoms with Gasteiger partial charge >= 0.3 is 0 Å². The van der Waals surface area contributed by atoms with Crippen LogP contribution in [0.25, 0.3) is 0 Å². The zero-order chi connectivity index (χ0) is 16.8. The fraction of sp³-hybridized carbons (Fsp3) is 0.611. The summed E-state index contributed by atoms with van der Waals surface area (Å²) in [6.45, 7) is 7.92. The molecule has 23 heavy (non-hydrogen) atoms. The van der Waals surface area contributed by atoms with Crippen molar-refractivity contribution in [3.8, 4) is 0 Å². The van der Waals surface area contributed by atoms with Gasteiger partial charge in [0, 0.05) is 30.6 Å². The van der Waals surface area contributed by atoms with E-state index in [-0.39, 0.29) is 11.8 Å². The second kappa shape index (κ2) is 8.67. The number of hydrogen-bond acceptors (Lipinski definition) is 3. The van der Waals surface area contributed by atoms with Crippen molar-refractivity contribution >= 4 is 17.5 Å². The van der Waals surface area contributed by atoms with Crippen LogP contribution in [-0.2, 0) is 4.79 Å². The summed E-state index contributed by atoms with van der Waals surface area (Å²) < 4.78 is 0. The van der Waals surface area contributed by atoms with E-state index in [1.54, 1.807) is 0 Å². The van der Waals surface area contributed by atoms with E-state index in [1.807, 2.05) is 43.0 Å². The van der Waals surface area contributed by atoms with Gasteiger partial charge in [-0.2, -0.15) is 0 Å². The zero-order valence-corrected chi connectivity index (χ0v) is 14.8. The molecule has 1 fully saturated rings. The number of aliphatic hydroxyl groups is 1. The topological polar surface area (TPSA) is 43.8 Å². The lowest BCUT2D eigenvalue weighted by Gasteiger charge is -2.34. The van der Waals surface area contributed by atoms with Crippen LogP contribution < -0.4 is 0 Å². The summed E-state index contributed by atoms with van der Waals surface area (Å²) in [5.41, 5.74) is 0.846. The standard InChI is InChI=1S/C18H27ClN2O2/c1-3-21(4-2)18(23)14-8-10-20(11-9-14)13-17(22)15-6-5-7-16(19)12-15/h5-7,12,14,17,22H,3-4,8-11,13H2,1-2H3. The normalized spacial score (nSPS) is 17.9. The van der Waals surface area contributed by atoms with Gasteiger partial charge in [0.15, 0.2) is 0 Å². The van der Waals surface area contributed by atoms with Gasteiger partial charge in [-0.25, -0.2) is 0 Å². The number of rotatable bonds is 6. The number of aliphatic hydroxyl groups excluding tert-OH is 1. The van der Waals surface area contributed by atoms with Gasteiger partial charge < -0.3 is 14.9 Å². The van der Waals surface area contributed by atoms with Gasteiger partial charge in [-0.05, 0) is 57.5 Å². The molecule has 128 valence electrons. The van der Waals surface area contributed by atoms with Crippen molar-refractivity contribution in [2.45, 2.75) is 32.8 Å². The van der Waals surface area contributed by atoms with Crippen LogP contribution in [0.5, 0.6) is 0 Å². The predicted molar refractivity (Wildman–Crippen MR) is 93.5 cm³/mol. The number of likely N-dealkylation sites (tertiary alicyclic amines) is 1. The molecule has 1 aromatic rings. The third kappa shape index (κ3) is 4.93. The summed E-state index contributed by atoms with van der Waals surface area (Å²) in [6, 6.07) is 7.37. The minimum absolute atomic E-state index is 0.134. The van der Waals surface area contributed by atoms with Crippen LogP contribution in [0.15, 0.2) is 24.3 Å².